The number of aromatic nitrogens is 1. The third kappa shape index (κ3) is 3.59. The van der Waals surface area contributed by atoms with Crippen LogP contribution in [0.15, 0.2) is 54.7 Å². The van der Waals surface area contributed by atoms with Gasteiger partial charge in [0.05, 0.1) is 0 Å². The van der Waals surface area contributed by atoms with Gasteiger partial charge in [-0.3, -0.25) is 4.79 Å². The lowest BCUT2D eigenvalue weighted by atomic mass is 10.1. The summed E-state index contributed by atoms with van der Waals surface area (Å²) in [5.41, 5.74) is 2.95. The predicted molar refractivity (Wildman–Crippen MR) is 87.5 cm³/mol. The van der Waals surface area contributed by atoms with Crippen LogP contribution in [-0.4, -0.2) is 11.0 Å². The number of H-pyrrole nitrogens is 1. The highest BCUT2D eigenvalue weighted by Gasteiger charge is 2.13. The molecule has 0 amide bonds. The molecular formula is C19H18FNO2. The predicted octanol–water partition coefficient (Wildman–Crippen LogP) is 4.54. The second-order valence-corrected chi connectivity index (χ2v) is 5.54. The Morgan fingerprint density at radius 1 is 1.17 bits per heavy atom. The van der Waals surface area contributed by atoms with Crippen molar-refractivity contribution in [3.63, 3.8) is 0 Å². The molecule has 1 heterocycles. The van der Waals surface area contributed by atoms with Crippen molar-refractivity contribution in [1.82, 2.24) is 4.98 Å². The molecule has 2 aromatic carbocycles. The monoisotopic (exact) mass is 311 g/mol. The minimum absolute atomic E-state index is 0.257. The second kappa shape index (κ2) is 6.65. The molecule has 0 aliphatic carbocycles. The van der Waals surface area contributed by atoms with Gasteiger partial charge in [-0.05, 0) is 42.7 Å². The van der Waals surface area contributed by atoms with Crippen LogP contribution >= 0.6 is 0 Å². The summed E-state index contributed by atoms with van der Waals surface area (Å²) in [6.45, 7) is 1.79. The van der Waals surface area contributed by atoms with Crippen LogP contribution in [0.5, 0.6) is 0 Å². The fraction of sp³-hybridized carbons (Fsp3) is 0.211. The van der Waals surface area contributed by atoms with E-state index in [1.54, 1.807) is 19.1 Å². The third-order valence-electron chi connectivity index (χ3n) is 3.92. The number of hydrogen-bond acceptors (Lipinski definition) is 2. The maximum Gasteiger partial charge on any atom is 0.306 e. The third-order valence-corrected chi connectivity index (χ3v) is 3.92. The number of esters is 1. The highest BCUT2D eigenvalue weighted by Crippen LogP contribution is 2.21. The molecule has 4 heteroatoms. The number of aryl methyl sites for hydroxylation is 1. The topological polar surface area (TPSA) is 42.1 Å². The quantitative estimate of drug-likeness (QED) is 0.703. The maximum atomic E-state index is 12.9. The average molecular weight is 311 g/mol. The van der Waals surface area contributed by atoms with Crippen molar-refractivity contribution in [3.05, 3.63) is 71.7 Å². The normalized spacial score (nSPS) is 12.3. The van der Waals surface area contributed by atoms with Crippen molar-refractivity contribution in [3.8, 4) is 0 Å². The molecule has 1 N–H and O–H groups in total. The van der Waals surface area contributed by atoms with Crippen molar-refractivity contribution in [2.24, 2.45) is 0 Å². The first-order valence-corrected chi connectivity index (χ1v) is 7.63. The molecule has 0 spiro atoms. The molecule has 3 nitrogen and oxygen atoms in total. The van der Waals surface area contributed by atoms with Gasteiger partial charge in [-0.1, -0.05) is 30.3 Å². The number of ether oxygens (including phenoxy) is 1. The Hall–Kier alpha value is -2.62. The number of aromatic amines is 1. The molecule has 0 saturated carbocycles. The fourth-order valence-electron chi connectivity index (χ4n) is 2.63. The van der Waals surface area contributed by atoms with Crippen LogP contribution in [0.25, 0.3) is 10.9 Å². The number of carbonyl (C=O) groups excluding carboxylic acids is 1. The number of para-hydroxylation sites is 1. The van der Waals surface area contributed by atoms with Crippen LogP contribution in [0, 0.1) is 5.82 Å². The van der Waals surface area contributed by atoms with Crippen LogP contribution in [-0.2, 0) is 16.0 Å². The lowest BCUT2D eigenvalue weighted by Crippen LogP contribution is -2.09. The van der Waals surface area contributed by atoms with Crippen molar-refractivity contribution >= 4 is 16.9 Å². The average Bonchev–Trinajstić information content (AvgIpc) is 2.97. The maximum absolute atomic E-state index is 12.9. The summed E-state index contributed by atoms with van der Waals surface area (Å²) in [6, 6.07) is 14.0. The zero-order valence-electron chi connectivity index (χ0n) is 12.9. The van der Waals surface area contributed by atoms with Crippen molar-refractivity contribution in [2.75, 3.05) is 0 Å². The molecule has 3 rings (SSSR count). The number of hydrogen-bond donors (Lipinski definition) is 1. The van der Waals surface area contributed by atoms with Crippen LogP contribution in [0.3, 0.4) is 0 Å². The first kappa shape index (κ1) is 15.3. The summed E-state index contributed by atoms with van der Waals surface area (Å²) in [4.78, 5) is 15.2. The fourth-order valence-corrected chi connectivity index (χ4v) is 2.63. The van der Waals surface area contributed by atoms with Crippen LogP contribution in [0.2, 0.25) is 0 Å². The minimum atomic E-state index is -0.383. The molecule has 1 aromatic heterocycles. The molecule has 3 aromatic rings. The summed E-state index contributed by atoms with van der Waals surface area (Å²) in [6.07, 6.45) is 2.49. The standard InChI is InChI=1S/C19H18FNO2/c1-13(14-6-9-16(20)10-7-14)23-19(22)11-8-15-12-21-18-5-3-2-4-17(15)18/h2-7,9-10,12-13,21H,8,11H2,1H3/t13-/m0/s1. The van der Waals surface area contributed by atoms with E-state index in [1.165, 1.54) is 12.1 Å². The Bertz CT molecular complexity index is 808. The number of carbonyl (C=O) groups is 1. The van der Waals surface area contributed by atoms with Gasteiger partial charge in [-0.15, -0.1) is 0 Å². The first-order valence-electron chi connectivity index (χ1n) is 7.63. The van der Waals surface area contributed by atoms with Gasteiger partial charge in [0.15, 0.2) is 0 Å². The lowest BCUT2D eigenvalue weighted by Gasteiger charge is -2.13. The van der Waals surface area contributed by atoms with E-state index in [9.17, 15) is 9.18 Å². The number of rotatable bonds is 5. The van der Waals surface area contributed by atoms with Gasteiger partial charge in [0.1, 0.15) is 11.9 Å². The lowest BCUT2D eigenvalue weighted by molar-refractivity contribution is -0.148. The molecule has 0 aliphatic heterocycles. The zero-order chi connectivity index (χ0) is 16.2. The summed E-state index contributed by atoms with van der Waals surface area (Å²) < 4.78 is 18.3. The number of halogens is 1. The highest BCUT2D eigenvalue weighted by atomic mass is 19.1. The van der Waals surface area contributed by atoms with Crippen LogP contribution in [0.1, 0.15) is 30.6 Å². The summed E-state index contributed by atoms with van der Waals surface area (Å²) in [5, 5.41) is 1.13. The largest absolute Gasteiger partial charge is 0.458 e. The van der Waals surface area contributed by atoms with Gasteiger partial charge in [0, 0.05) is 23.5 Å². The van der Waals surface area contributed by atoms with Crippen LogP contribution < -0.4 is 0 Å². The first-order chi connectivity index (χ1) is 11.1. The number of benzene rings is 2. The molecule has 0 saturated heterocycles. The molecule has 118 valence electrons. The van der Waals surface area contributed by atoms with E-state index in [4.69, 9.17) is 4.74 Å². The molecular weight excluding hydrogens is 293 g/mol. The van der Waals surface area contributed by atoms with Gasteiger partial charge in [0.25, 0.3) is 0 Å². The van der Waals surface area contributed by atoms with E-state index in [0.29, 0.717) is 12.8 Å². The second-order valence-electron chi connectivity index (χ2n) is 5.54. The summed E-state index contributed by atoms with van der Waals surface area (Å²) in [5.74, 6) is -0.557. The molecule has 0 unspecified atom stereocenters. The van der Waals surface area contributed by atoms with E-state index in [2.05, 4.69) is 4.98 Å². The van der Waals surface area contributed by atoms with Gasteiger partial charge in [0.2, 0.25) is 0 Å². The Morgan fingerprint density at radius 3 is 2.70 bits per heavy atom. The Morgan fingerprint density at radius 2 is 1.91 bits per heavy atom. The number of nitrogens with one attached hydrogen (secondary N) is 1. The Kier molecular flexibility index (Phi) is 4.42. The Labute approximate surface area is 134 Å². The minimum Gasteiger partial charge on any atom is -0.458 e. The summed E-state index contributed by atoms with van der Waals surface area (Å²) in [7, 11) is 0. The van der Waals surface area contributed by atoms with Crippen molar-refractivity contribution < 1.29 is 13.9 Å². The Balaban J connectivity index is 1.58. The number of fused-ring (bicyclic) bond motifs is 1. The molecule has 0 bridgehead atoms. The van der Waals surface area contributed by atoms with Crippen LogP contribution in [0.4, 0.5) is 4.39 Å². The van der Waals surface area contributed by atoms with E-state index >= 15 is 0 Å². The van der Waals surface area contributed by atoms with E-state index < -0.39 is 0 Å². The molecule has 0 fully saturated rings. The van der Waals surface area contributed by atoms with E-state index in [0.717, 1.165) is 22.0 Å². The van der Waals surface area contributed by atoms with Gasteiger partial charge in [-0.25, -0.2) is 4.39 Å². The molecule has 23 heavy (non-hydrogen) atoms. The molecule has 0 aliphatic rings. The van der Waals surface area contributed by atoms with Gasteiger partial charge < -0.3 is 9.72 Å². The van der Waals surface area contributed by atoms with Crippen molar-refractivity contribution in [1.29, 1.82) is 0 Å². The highest BCUT2D eigenvalue weighted by molar-refractivity contribution is 5.83. The molecule has 1 atom stereocenters. The summed E-state index contributed by atoms with van der Waals surface area (Å²) >= 11 is 0. The SMILES string of the molecule is C[C@H](OC(=O)CCc1c[nH]c2ccccc12)c1ccc(F)cc1. The molecule has 0 radical (unpaired) electrons. The van der Waals surface area contributed by atoms with Crippen molar-refractivity contribution in [2.45, 2.75) is 25.9 Å². The van der Waals surface area contributed by atoms with Gasteiger partial charge in [-0.2, -0.15) is 0 Å². The van der Waals surface area contributed by atoms with E-state index in [-0.39, 0.29) is 17.9 Å². The zero-order valence-corrected chi connectivity index (χ0v) is 12.9. The van der Waals surface area contributed by atoms with Gasteiger partial charge >= 0.3 is 5.97 Å². The van der Waals surface area contributed by atoms with E-state index in [1.807, 2.05) is 30.5 Å². The smallest absolute Gasteiger partial charge is 0.306 e.